The summed E-state index contributed by atoms with van der Waals surface area (Å²) >= 11 is 12.0. The molecule has 1 fully saturated rings. The van der Waals surface area contributed by atoms with Crippen molar-refractivity contribution in [3.05, 3.63) is 57.6 Å². The number of fused-ring (bicyclic) bond motifs is 1. The molecule has 2 N–H and O–H groups in total. The predicted molar refractivity (Wildman–Crippen MR) is 113 cm³/mol. The van der Waals surface area contributed by atoms with E-state index in [4.69, 9.17) is 32.7 Å². The van der Waals surface area contributed by atoms with Gasteiger partial charge in [0.1, 0.15) is 17.1 Å². The molecule has 2 aliphatic heterocycles. The van der Waals surface area contributed by atoms with Gasteiger partial charge >= 0.3 is 0 Å². The van der Waals surface area contributed by atoms with Gasteiger partial charge in [0.15, 0.2) is 0 Å². The molecule has 0 saturated carbocycles. The van der Waals surface area contributed by atoms with Gasteiger partial charge in [0.25, 0.3) is 0 Å². The molecule has 29 heavy (non-hydrogen) atoms. The Balaban J connectivity index is 1.39. The van der Waals surface area contributed by atoms with Crippen molar-refractivity contribution in [2.75, 3.05) is 26.7 Å². The van der Waals surface area contributed by atoms with Crippen LogP contribution in [0, 0.1) is 0 Å². The predicted octanol–water partition coefficient (Wildman–Crippen LogP) is 4.39. The van der Waals surface area contributed by atoms with Gasteiger partial charge < -0.3 is 24.6 Å². The first kappa shape index (κ1) is 20.8. The number of nitrogens with zero attached hydrogens (tertiary/aromatic N) is 1. The van der Waals surface area contributed by atoms with E-state index in [2.05, 4.69) is 4.90 Å². The number of aliphatic hydroxyl groups is 2. The summed E-state index contributed by atoms with van der Waals surface area (Å²) in [5.41, 5.74) is 1.17. The molecule has 0 radical (unpaired) electrons. The summed E-state index contributed by atoms with van der Waals surface area (Å²) in [6.45, 7) is 2.09. The quantitative estimate of drug-likeness (QED) is 0.742. The maximum absolute atomic E-state index is 10.7. The smallest absolute Gasteiger partial charge is 0.126 e. The van der Waals surface area contributed by atoms with Crippen molar-refractivity contribution < 1.29 is 19.7 Å². The van der Waals surface area contributed by atoms with Crippen molar-refractivity contribution in [1.29, 1.82) is 0 Å². The van der Waals surface area contributed by atoms with Gasteiger partial charge in [-0.05, 0) is 48.7 Å². The monoisotopic (exact) mass is 437 g/mol. The SMILES string of the molecule is COc1ccc2c(c1)[C@@H](O)CC1(CCN(C[C@@H](O)c3ccc(Cl)c(Cl)c3)CC1)O2. The highest BCUT2D eigenvalue weighted by molar-refractivity contribution is 6.42. The lowest BCUT2D eigenvalue weighted by Crippen LogP contribution is -2.51. The molecular formula is C22H25Cl2NO4. The molecule has 2 heterocycles. The summed E-state index contributed by atoms with van der Waals surface area (Å²) in [6.07, 6.45) is 0.955. The third-order valence-electron chi connectivity index (χ3n) is 5.99. The Morgan fingerprint density at radius 2 is 1.93 bits per heavy atom. The highest BCUT2D eigenvalue weighted by atomic mass is 35.5. The van der Waals surface area contributed by atoms with Crippen LogP contribution in [0.5, 0.6) is 11.5 Å². The van der Waals surface area contributed by atoms with Gasteiger partial charge in [-0.2, -0.15) is 0 Å². The van der Waals surface area contributed by atoms with Crippen LogP contribution in [0.4, 0.5) is 0 Å². The lowest BCUT2D eigenvalue weighted by Gasteiger charge is -2.46. The molecule has 0 aromatic heterocycles. The molecule has 156 valence electrons. The Morgan fingerprint density at radius 1 is 1.17 bits per heavy atom. The first-order valence-corrected chi connectivity index (χ1v) is 10.6. The number of β-amino-alcohol motifs (C(OH)–C–C–N with tert-alkyl or cyclic N) is 1. The van der Waals surface area contributed by atoms with Crippen LogP contribution in [0.3, 0.4) is 0 Å². The van der Waals surface area contributed by atoms with Gasteiger partial charge in [-0.25, -0.2) is 0 Å². The molecule has 5 nitrogen and oxygen atoms in total. The van der Waals surface area contributed by atoms with Crippen molar-refractivity contribution >= 4 is 23.2 Å². The van der Waals surface area contributed by atoms with Crippen LogP contribution < -0.4 is 9.47 Å². The summed E-state index contributed by atoms with van der Waals surface area (Å²) in [5.74, 6) is 1.45. The highest BCUT2D eigenvalue weighted by Gasteiger charge is 2.43. The van der Waals surface area contributed by atoms with Crippen LogP contribution in [0.1, 0.15) is 42.6 Å². The number of methoxy groups -OCH3 is 1. The lowest BCUT2D eigenvalue weighted by atomic mass is 9.81. The van der Waals surface area contributed by atoms with Gasteiger partial charge in [-0.1, -0.05) is 29.3 Å². The van der Waals surface area contributed by atoms with E-state index in [1.165, 1.54) is 0 Å². The number of likely N-dealkylation sites (tertiary alicyclic amines) is 1. The van der Waals surface area contributed by atoms with E-state index in [9.17, 15) is 10.2 Å². The Kier molecular flexibility index (Phi) is 5.96. The van der Waals surface area contributed by atoms with Crippen LogP contribution in [-0.4, -0.2) is 47.5 Å². The maximum atomic E-state index is 10.7. The highest BCUT2D eigenvalue weighted by Crippen LogP contribution is 2.45. The van der Waals surface area contributed by atoms with Gasteiger partial charge in [0.2, 0.25) is 0 Å². The summed E-state index contributed by atoms with van der Waals surface area (Å²) < 4.78 is 11.6. The molecule has 2 aliphatic rings. The number of rotatable bonds is 4. The molecule has 0 amide bonds. The average molecular weight is 438 g/mol. The van der Waals surface area contributed by atoms with Gasteiger partial charge in [0.05, 0.1) is 29.4 Å². The molecule has 2 aromatic carbocycles. The molecule has 0 unspecified atom stereocenters. The van der Waals surface area contributed by atoms with Crippen LogP contribution in [0.15, 0.2) is 36.4 Å². The summed E-state index contributed by atoms with van der Waals surface area (Å²) in [6, 6.07) is 10.8. The average Bonchev–Trinajstić information content (AvgIpc) is 2.71. The lowest BCUT2D eigenvalue weighted by molar-refractivity contribution is -0.0588. The molecule has 0 aliphatic carbocycles. The van der Waals surface area contributed by atoms with Gasteiger partial charge in [-0.15, -0.1) is 0 Å². The van der Waals surface area contributed by atoms with Crippen molar-refractivity contribution in [2.45, 2.75) is 37.1 Å². The zero-order chi connectivity index (χ0) is 20.6. The minimum absolute atomic E-state index is 0.369. The van der Waals surface area contributed by atoms with Crippen molar-refractivity contribution in [2.24, 2.45) is 0 Å². The van der Waals surface area contributed by atoms with E-state index in [0.717, 1.165) is 42.8 Å². The molecule has 1 saturated heterocycles. The van der Waals surface area contributed by atoms with Crippen LogP contribution in [0.25, 0.3) is 0 Å². The van der Waals surface area contributed by atoms with Crippen molar-refractivity contribution in [3.63, 3.8) is 0 Å². The second kappa shape index (κ2) is 8.32. The summed E-state index contributed by atoms with van der Waals surface area (Å²) in [4.78, 5) is 2.22. The normalized spacial score (nSPS) is 22.0. The molecule has 0 bridgehead atoms. The van der Waals surface area contributed by atoms with Gasteiger partial charge in [0, 0.05) is 31.6 Å². The first-order chi connectivity index (χ1) is 13.9. The standard InChI is InChI=1S/C22H25Cl2NO4/c1-28-15-3-5-21-16(11-15)19(26)12-22(29-21)6-8-25(9-7-22)13-20(27)14-2-4-17(23)18(24)10-14/h2-5,10-11,19-20,26-27H,6-9,12-13H2,1H3/t19-,20+/m0/s1. The summed E-state index contributed by atoms with van der Waals surface area (Å²) in [7, 11) is 1.61. The second-order valence-corrected chi connectivity index (χ2v) is 8.71. The number of benzene rings is 2. The number of halogens is 2. The largest absolute Gasteiger partial charge is 0.497 e. The van der Waals surface area contributed by atoms with E-state index in [-0.39, 0.29) is 5.60 Å². The molecule has 2 aromatic rings. The zero-order valence-electron chi connectivity index (χ0n) is 16.3. The van der Waals surface area contributed by atoms with Crippen LogP contribution >= 0.6 is 23.2 Å². The number of piperidine rings is 1. The van der Waals surface area contributed by atoms with E-state index in [1.807, 2.05) is 18.2 Å². The second-order valence-electron chi connectivity index (χ2n) is 7.90. The Labute approximate surface area is 180 Å². The van der Waals surface area contributed by atoms with Crippen LogP contribution in [-0.2, 0) is 0 Å². The van der Waals surface area contributed by atoms with Gasteiger partial charge in [-0.3, -0.25) is 0 Å². The van der Waals surface area contributed by atoms with E-state index >= 15 is 0 Å². The fraction of sp³-hybridized carbons (Fsp3) is 0.455. The van der Waals surface area contributed by atoms with E-state index in [0.29, 0.717) is 28.8 Å². The minimum atomic E-state index is -0.634. The van der Waals surface area contributed by atoms with Crippen molar-refractivity contribution in [3.8, 4) is 11.5 Å². The third-order valence-corrected chi connectivity index (χ3v) is 6.73. The van der Waals surface area contributed by atoms with E-state index in [1.54, 1.807) is 25.3 Å². The third kappa shape index (κ3) is 4.35. The Hall–Kier alpha value is -1.50. The molecule has 2 atom stereocenters. The number of aliphatic hydroxyl groups excluding tert-OH is 2. The Bertz CT molecular complexity index is 883. The number of ether oxygens (including phenoxy) is 2. The van der Waals surface area contributed by atoms with E-state index < -0.39 is 12.2 Å². The number of hydrogen-bond donors (Lipinski definition) is 2. The molecule has 7 heteroatoms. The fourth-order valence-corrected chi connectivity index (χ4v) is 4.57. The number of hydrogen-bond acceptors (Lipinski definition) is 5. The minimum Gasteiger partial charge on any atom is -0.497 e. The van der Waals surface area contributed by atoms with Crippen LogP contribution in [0.2, 0.25) is 10.0 Å². The molecule has 4 rings (SSSR count). The Morgan fingerprint density at radius 3 is 2.62 bits per heavy atom. The van der Waals surface area contributed by atoms with Crippen molar-refractivity contribution in [1.82, 2.24) is 4.90 Å². The topological polar surface area (TPSA) is 62.2 Å². The molecular weight excluding hydrogens is 413 g/mol. The zero-order valence-corrected chi connectivity index (χ0v) is 17.8. The molecule has 1 spiro atoms. The maximum Gasteiger partial charge on any atom is 0.126 e. The fourth-order valence-electron chi connectivity index (χ4n) is 4.26. The first-order valence-electron chi connectivity index (χ1n) is 9.79. The summed E-state index contributed by atoms with van der Waals surface area (Å²) in [5, 5.41) is 22.2.